The van der Waals surface area contributed by atoms with E-state index in [1.165, 1.54) is 4.90 Å². The number of nitrogens with zero attached hydrogens (tertiary/aromatic N) is 1. The Morgan fingerprint density at radius 2 is 2.07 bits per heavy atom. The van der Waals surface area contributed by atoms with E-state index in [1.54, 1.807) is 7.05 Å². The van der Waals surface area contributed by atoms with Crippen LogP contribution in [-0.2, 0) is 4.79 Å². The maximum atomic E-state index is 10.8. The van der Waals surface area contributed by atoms with Crippen LogP contribution in [0.5, 0.6) is 0 Å². The fourth-order valence-electron chi connectivity index (χ4n) is 2.03. The minimum absolute atomic E-state index is 0.0804. The number of hydrogen-bond acceptors (Lipinski definition) is 3. The lowest BCUT2D eigenvalue weighted by Gasteiger charge is -2.38. The van der Waals surface area contributed by atoms with Gasteiger partial charge in [-0.1, -0.05) is 12.8 Å². The van der Waals surface area contributed by atoms with Crippen molar-refractivity contribution in [3.05, 3.63) is 0 Å². The van der Waals surface area contributed by atoms with Crippen LogP contribution < -0.4 is 10.8 Å². The van der Waals surface area contributed by atoms with Gasteiger partial charge in [0.15, 0.2) is 5.96 Å². The van der Waals surface area contributed by atoms with Gasteiger partial charge in [-0.2, -0.15) is 0 Å². The summed E-state index contributed by atoms with van der Waals surface area (Å²) in [5.74, 6) is -1.59. The first-order chi connectivity index (χ1) is 6.54. The molecule has 3 N–H and O–H groups in total. The van der Waals surface area contributed by atoms with Crippen LogP contribution in [0.1, 0.15) is 25.7 Å². The number of aliphatic carboxylic acids is 1. The summed E-state index contributed by atoms with van der Waals surface area (Å²) < 4.78 is 0. The number of nitrogens with one attached hydrogen (secondary N) is 1. The second-order valence-corrected chi connectivity index (χ2v) is 3.77. The predicted octanol–water partition coefficient (Wildman–Crippen LogP) is -0.880. The summed E-state index contributed by atoms with van der Waals surface area (Å²) in [4.78, 5) is 12.4. The highest BCUT2D eigenvalue weighted by molar-refractivity contribution is 5.76. The van der Waals surface area contributed by atoms with Gasteiger partial charge in [0.25, 0.3) is 0 Å². The maximum absolute atomic E-state index is 10.8. The Labute approximate surface area is 83.4 Å². The maximum Gasteiger partial charge on any atom is 0.188 e. The van der Waals surface area contributed by atoms with Crippen molar-refractivity contribution in [1.29, 1.82) is 5.41 Å². The zero-order valence-corrected chi connectivity index (χ0v) is 8.32. The molecule has 5 nitrogen and oxygen atoms in total. The van der Waals surface area contributed by atoms with Crippen LogP contribution in [0.3, 0.4) is 0 Å². The summed E-state index contributed by atoms with van der Waals surface area (Å²) in [7, 11) is 1.66. The normalized spacial score (nSPS) is 26.9. The van der Waals surface area contributed by atoms with Gasteiger partial charge < -0.3 is 20.5 Å². The molecule has 0 aromatic heterocycles. The molecular formula is C9H16N3O2-. The number of hydrogen-bond donors (Lipinski definition) is 2. The molecule has 0 aromatic rings. The van der Waals surface area contributed by atoms with Crippen LogP contribution in [0.2, 0.25) is 0 Å². The number of nitrogens with two attached hydrogens (primary N) is 1. The van der Waals surface area contributed by atoms with E-state index in [0.717, 1.165) is 19.3 Å². The molecule has 1 fully saturated rings. The highest BCUT2D eigenvalue weighted by Gasteiger charge is 2.29. The number of carboxylic acid groups (broad SMARTS) is 1. The van der Waals surface area contributed by atoms with E-state index in [1.807, 2.05) is 0 Å². The van der Waals surface area contributed by atoms with E-state index in [2.05, 4.69) is 0 Å². The first-order valence-electron chi connectivity index (χ1n) is 4.81. The second-order valence-electron chi connectivity index (χ2n) is 3.77. The Balaban J connectivity index is 2.72. The number of carbonyl (C=O) groups excluding carboxylic acids is 1. The Morgan fingerprint density at radius 1 is 1.50 bits per heavy atom. The van der Waals surface area contributed by atoms with Crippen LogP contribution in [0.4, 0.5) is 0 Å². The molecule has 0 aromatic carbocycles. The van der Waals surface area contributed by atoms with E-state index < -0.39 is 11.9 Å². The Morgan fingerprint density at radius 3 is 2.57 bits per heavy atom. The lowest BCUT2D eigenvalue weighted by molar-refractivity contribution is -0.313. The third-order valence-corrected chi connectivity index (χ3v) is 2.91. The van der Waals surface area contributed by atoms with Crippen molar-refractivity contribution in [1.82, 2.24) is 4.90 Å². The van der Waals surface area contributed by atoms with Crippen LogP contribution in [-0.4, -0.2) is 29.9 Å². The largest absolute Gasteiger partial charge is 0.550 e. The van der Waals surface area contributed by atoms with Crippen LogP contribution in [0.25, 0.3) is 0 Å². The molecule has 0 saturated heterocycles. The molecule has 0 amide bonds. The zero-order valence-electron chi connectivity index (χ0n) is 8.32. The predicted molar refractivity (Wildman–Crippen MR) is 50.4 cm³/mol. The lowest BCUT2D eigenvalue weighted by atomic mass is 9.84. The highest BCUT2D eigenvalue weighted by Crippen LogP contribution is 2.27. The molecule has 1 aliphatic rings. The Bertz CT molecular complexity index is 242. The molecule has 80 valence electrons. The first kappa shape index (κ1) is 10.8. The fraction of sp³-hybridized carbons (Fsp3) is 0.778. The summed E-state index contributed by atoms with van der Waals surface area (Å²) in [6, 6.07) is -0.175. The average Bonchev–Trinajstić information content (AvgIpc) is 2.16. The van der Waals surface area contributed by atoms with Crippen molar-refractivity contribution >= 4 is 11.9 Å². The van der Waals surface area contributed by atoms with Crippen molar-refractivity contribution < 1.29 is 9.90 Å². The topological polar surface area (TPSA) is 93.2 Å². The highest BCUT2D eigenvalue weighted by atomic mass is 16.4. The summed E-state index contributed by atoms with van der Waals surface area (Å²) in [5, 5.41) is 18.1. The van der Waals surface area contributed by atoms with Gasteiger partial charge in [0, 0.05) is 25.0 Å². The molecule has 0 aliphatic heterocycles. The third kappa shape index (κ3) is 2.16. The van der Waals surface area contributed by atoms with Crippen molar-refractivity contribution in [2.24, 2.45) is 11.7 Å². The minimum atomic E-state index is -1.03. The number of guanidine groups is 1. The lowest BCUT2D eigenvalue weighted by Crippen LogP contribution is -2.51. The zero-order chi connectivity index (χ0) is 10.7. The monoisotopic (exact) mass is 198 g/mol. The van der Waals surface area contributed by atoms with Gasteiger partial charge >= 0.3 is 0 Å². The van der Waals surface area contributed by atoms with Gasteiger partial charge in [-0.05, 0) is 12.8 Å². The quantitative estimate of drug-likeness (QED) is 0.445. The number of carbonyl (C=O) groups is 1. The summed E-state index contributed by atoms with van der Waals surface area (Å²) in [6.07, 6.45) is 3.31. The van der Waals surface area contributed by atoms with E-state index in [9.17, 15) is 9.90 Å². The average molecular weight is 198 g/mol. The molecular weight excluding hydrogens is 182 g/mol. The number of carboxylic acids is 1. The molecule has 0 spiro atoms. The van der Waals surface area contributed by atoms with Gasteiger partial charge in [-0.25, -0.2) is 0 Å². The summed E-state index contributed by atoms with van der Waals surface area (Å²) in [6.45, 7) is 0. The molecule has 2 atom stereocenters. The van der Waals surface area contributed by atoms with E-state index >= 15 is 0 Å². The van der Waals surface area contributed by atoms with Crippen LogP contribution >= 0.6 is 0 Å². The minimum Gasteiger partial charge on any atom is -0.550 e. The standard InChI is InChI=1S/C9H17N3O2/c1-12(9(10)11)7-5-3-2-4-6(7)8(13)14/h6-7H,2-5H2,1H3,(H3,10,11)(H,13,14)/p-1. The Hall–Kier alpha value is -1.26. The third-order valence-electron chi connectivity index (χ3n) is 2.91. The molecule has 1 aliphatic carbocycles. The van der Waals surface area contributed by atoms with E-state index in [0.29, 0.717) is 6.42 Å². The Kier molecular flexibility index (Phi) is 3.33. The van der Waals surface area contributed by atoms with Crippen molar-refractivity contribution in [3.63, 3.8) is 0 Å². The molecule has 0 radical (unpaired) electrons. The van der Waals surface area contributed by atoms with Crippen molar-refractivity contribution in [2.45, 2.75) is 31.7 Å². The second kappa shape index (κ2) is 4.30. The smallest absolute Gasteiger partial charge is 0.188 e. The molecule has 2 unspecified atom stereocenters. The molecule has 1 saturated carbocycles. The van der Waals surface area contributed by atoms with Crippen molar-refractivity contribution in [2.75, 3.05) is 7.05 Å². The summed E-state index contributed by atoms with van der Waals surface area (Å²) >= 11 is 0. The molecule has 14 heavy (non-hydrogen) atoms. The summed E-state index contributed by atoms with van der Waals surface area (Å²) in [5.41, 5.74) is 5.33. The van der Waals surface area contributed by atoms with E-state index in [4.69, 9.17) is 11.1 Å². The van der Waals surface area contributed by atoms with Gasteiger partial charge in [0.1, 0.15) is 0 Å². The van der Waals surface area contributed by atoms with Crippen molar-refractivity contribution in [3.8, 4) is 0 Å². The van der Waals surface area contributed by atoms with Gasteiger partial charge in [-0.3, -0.25) is 5.41 Å². The van der Waals surface area contributed by atoms with Gasteiger partial charge in [0.2, 0.25) is 0 Å². The molecule has 5 heteroatoms. The molecule has 1 rings (SSSR count). The SMILES string of the molecule is CN(C(=N)N)C1CCCCC1C(=O)[O-]. The van der Waals surface area contributed by atoms with Gasteiger partial charge in [0.05, 0.1) is 0 Å². The van der Waals surface area contributed by atoms with E-state index in [-0.39, 0.29) is 12.0 Å². The first-order valence-corrected chi connectivity index (χ1v) is 4.81. The van der Waals surface area contributed by atoms with Crippen LogP contribution in [0.15, 0.2) is 0 Å². The fourth-order valence-corrected chi connectivity index (χ4v) is 2.03. The van der Waals surface area contributed by atoms with Crippen LogP contribution in [0, 0.1) is 11.3 Å². The van der Waals surface area contributed by atoms with Gasteiger partial charge in [-0.15, -0.1) is 0 Å². The number of rotatable bonds is 2. The molecule has 0 heterocycles. The molecule has 0 bridgehead atoms.